The number of hydrogen-bond donors (Lipinski definition) is 3. The van der Waals surface area contributed by atoms with Crippen molar-refractivity contribution in [3.63, 3.8) is 0 Å². The van der Waals surface area contributed by atoms with E-state index < -0.39 is 5.91 Å². The van der Waals surface area contributed by atoms with E-state index in [-0.39, 0.29) is 22.2 Å². The van der Waals surface area contributed by atoms with Gasteiger partial charge >= 0.3 is 0 Å². The van der Waals surface area contributed by atoms with E-state index in [2.05, 4.69) is 10.1 Å². The van der Waals surface area contributed by atoms with Gasteiger partial charge in [0.1, 0.15) is 22.9 Å². The number of carbonyl (C=O) groups excluding carboxylic acids is 1. The van der Waals surface area contributed by atoms with Gasteiger partial charge in [0, 0.05) is 5.39 Å². The molecule has 0 fully saturated rings. The third-order valence-electron chi connectivity index (χ3n) is 3.84. The molecule has 1 amide bonds. The Morgan fingerprint density at radius 1 is 1.25 bits per heavy atom. The quantitative estimate of drug-likeness (QED) is 0.511. The molecule has 0 atom stereocenters. The molecule has 120 valence electrons. The van der Waals surface area contributed by atoms with E-state index in [1.54, 1.807) is 24.3 Å². The maximum absolute atomic E-state index is 11.9. The van der Waals surface area contributed by atoms with Gasteiger partial charge in [-0.15, -0.1) is 0 Å². The summed E-state index contributed by atoms with van der Waals surface area (Å²) >= 11 is 6.23. The van der Waals surface area contributed by atoms with E-state index in [4.69, 9.17) is 23.1 Å². The van der Waals surface area contributed by atoms with Crippen molar-refractivity contribution in [2.75, 3.05) is 5.73 Å². The SMILES string of the molecule is NC(=O)c1c(N)n(-c2cccc(O)c2Cl)c2c1ccc1ncnn12. The number of hydrogen-bond acceptors (Lipinski definition) is 5. The van der Waals surface area contributed by atoms with Crippen molar-refractivity contribution >= 4 is 40.0 Å². The molecule has 0 radical (unpaired) electrons. The largest absolute Gasteiger partial charge is 0.506 e. The van der Waals surface area contributed by atoms with Gasteiger partial charge in [-0.1, -0.05) is 17.7 Å². The summed E-state index contributed by atoms with van der Waals surface area (Å²) in [5, 5.41) is 14.7. The lowest BCUT2D eigenvalue weighted by molar-refractivity contribution is 0.100. The zero-order chi connectivity index (χ0) is 17.0. The molecule has 9 heteroatoms. The van der Waals surface area contributed by atoms with Gasteiger partial charge in [0.2, 0.25) is 0 Å². The van der Waals surface area contributed by atoms with Crippen LogP contribution in [-0.4, -0.2) is 30.2 Å². The second-order valence-corrected chi connectivity index (χ2v) is 5.55. The van der Waals surface area contributed by atoms with Crippen LogP contribution in [0.1, 0.15) is 10.4 Å². The lowest BCUT2D eigenvalue weighted by Gasteiger charge is -2.11. The van der Waals surface area contributed by atoms with Gasteiger partial charge in [0.15, 0.2) is 11.3 Å². The van der Waals surface area contributed by atoms with Crippen LogP contribution >= 0.6 is 11.6 Å². The summed E-state index contributed by atoms with van der Waals surface area (Å²) in [5.74, 6) is -0.679. The highest BCUT2D eigenvalue weighted by atomic mass is 35.5. The van der Waals surface area contributed by atoms with Crippen LogP contribution in [0, 0.1) is 0 Å². The number of amides is 1. The minimum Gasteiger partial charge on any atom is -0.506 e. The third-order valence-corrected chi connectivity index (χ3v) is 4.23. The summed E-state index contributed by atoms with van der Waals surface area (Å²) in [5.41, 5.74) is 13.3. The molecule has 0 saturated carbocycles. The maximum atomic E-state index is 11.9. The zero-order valence-corrected chi connectivity index (χ0v) is 12.9. The number of carbonyl (C=O) groups is 1. The smallest absolute Gasteiger partial charge is 0.253 e. The van der Waals surface area contributed by atoms with E-state index in [0.29, 0.717) is 22.4 Å². The standard InChI is InChI=1S/C15H11ClN6O2/c16-12-8(2-1-3-9(12)23)21-13(17)11(14(18)24)7-4-5-10-19-6-20-22(10)15(7)21/h1-6,23H,17H2,(H2,18,24). The average molecular weight is 343 g/mol. The molecule has 3 heterocycles. The molecule has 24 heavy (non-hydrogen) atoms. The van der Waals surface area contributed by atoms with E-state index in [1.807, 2.05) is 0 Å². The minimum absolute atomic E-state index is 0.0919. The van der Waals surface area contributed by atoms with Crippen molar-refractivity contribution in [1.29, 1.82) is 0 Å². The van der Waals surface area contributed by atoms with Crippen LogP contribution in [0.5, 0.6) is 5.75 Å². The lowest BCUT2D eigenvalue weighted by atomic mass is 10.2. The number of rotatable bonds is 2. The van der Waals surface area contributed by atoms with Crippen LogP contribution in [-0.2, 0) is 0 Å². The van der Waals surface area contributed by atoms with Gasteiger partial charge in [0.05, 0.1) is 11.3 Å². The molecule has 4 aromatic rings. The lowest BCUT2D eigenvalue weighted by Crippen LogP contribution is -2.13. The van der Waals surface area contributed by atoms with Crippen LogP contribution in [0.15, 0.2) is 36.7 Å². The summed E-state index contributed by atoms with van der Waals surface area (Å²) in [7, 11) is 0. The number of aromatic hydroxyl groups is 1. The summed E-state index contributed by atoms with van der Waals surface area (Å²) < 4.78 is 3.05. The molecule has 0 aliphatic carbocycles. The Morgan fingerprint density at radius 3 is 2.79 bits per heavy atom. The van der Waals surface area contributed by atoms with Gasteiger partial charge < -0.3 is 16.6 Å². The van der Waals surface area contributed by atoms with Crippen molar-refractivity contribution in [2.24, 2.45) is 5.73 Å². The highest BCUT2D eigenvalue weighted by Gasteiger charge is 2.24. The number of primary amides is 1. The van der Waals surface area contributed by atoms with Gasteiger partial charge in [-0.2, -0.15) is 9.61 Å². The molecule has 0 aliphatic heterocycles. The highest BCUT2D eigenvalue weighted by molar-refractivity contribution is 6.34. The number of phenolic OH excluding ortho intramolecular Hbond substituents is 1. The molecular weight excluding hydrogens is 332 g/mol. The number of nitrogens with zero attached hydrogens (tertiary/aromatic N) is 4. The zero-order valence-electron chi connectivity index (χ0n) is 12.1. The Hall–Kier alpha value is -3.26. The molecule has 0 saturated heterocycles. The third kappa shape index (κ3) is 1.77. The van der Waals surface area contributed by atoms with Gasteiger partial charge in [-0.3, -0.25) is 9.36 Å². The molecule has 5 N–H and O–H groups in total. The maximum Gasteiger partial charge on any atom is 0.253 e. The van der Waals surface area contributed by atoms with E-state index in [9.17, 15) is 9.90 Å². The monoisotopic (exact) mass is 342 g/mol. The van der Waals surface area contributed by atoms with Crippen molar-refractivity contribution in [2.45, 2.75) is 0 Å². The van der Waals surface area contributed by atoms with Crippen molar-refractivity contribution in [3.05, 3.63) is 47.2 Å². The number of fused-ring (bicyclic) bond motifs is 3. The first kappa shape index (κ1) is 14.3. The Labute approximate surface area is 139 Å². The Bertz CT molecular complexity index is 1130. The molecular formula is C15H11ClN6O2. The van der Waals surface area contributed by atoms with Gasteiger partial charge in [-0.25, -0.2) is 4.98 Å². The van der Waals surface area contributed by atoms with E-state index in [0.717, 1.165) is 0 Å². The van der Waals surface area contributed by atoms with Crippen LogP contribution < -0.4 is 11.5 Å². The first-order valence-electron chi connectivity index (χ1n) is 6.91. The number of aromatic nitrogens is 4. The fraction of sp³-hybridized carbons (Fsp3) is 0. The number of nitrogen functional groups attached to an aromatic ring is 1. The highest BCUT2D eigenvalue weighted by Crippen LogP contribution is 2.37. The van der Waals surface area contributed by atoms with Crippen molar-refractivity contribution in [1.82, 2.24) is 19.2 Å². The fourth-order valence-electron chi connectivity index (χ4n) is 2.83. The molecule has 0 aliphatic rings. The second kappa shape index (κ2) is 4.87. The first-order valence-corrected chi connectivity index (χ1v) is 7.28. The summed E-state index contributed by atoms with van der Waals surface area (Å²) in [6.45, 7) is 0. The molecule has 4 rings (SSSR count). The summed E-state index contributed by atoms with van der Waals surface area (Å²) in [6.07, 6.45) is 1.39. The second-order valence-electron chi connectivity index (χ2n) is 5.17. The number of phenols is 1. The molecule has 8 nitrogen and oxygen atoms in total. The van der Waals surface area contributed by atoms with Crippen molar-refractivity contribution in [3.8, 4) is 11.4 Å². The topological polar surface area (TPSA) is 124 Å². The number of pyridine rings is 1. The predicted octanol–water partition coefficient (Wildman–Crippen LogP) is 1.71. The van der Waals surface area contributed by atoms with Crippen LogP contribution in [0.2, 0.25) is 5.02 Å². The number of benzene rings is 1. The number of halogens is 1. The van der Waals surface area contributed by atoms with Crippen LogP contribution in [0.3, 0.4) is 0 Å². The fourth-order valence-corrected chi connectivity index (χ4v) is 3.04. The summed E-state index contributed by atoms with van der Waals surface area (Å²) in [4.78, 5) is 16.0. The van der Waals surface area contributed by atoms with E-state index >= 15 is 0 Å². The summed E-state index contributed by atoms with van der Waals surface area (Å²) in [6, 6.07) is 8.14. The number of anilines is 1. The molecule has 3 aromatic heterocycles. The Morgan fingerprint density at radius 2 is 2.04 bits per heavy atom. The molecule has 0 spiro atoms. The van der Waals surface area contributed by atoms with Crippen LogP contribution in [0.4, 0.5) is 5.82 Å². The number of nitrogens with two attached hydrogens (primary N) is 2. The van der Waals surface area contributed by atoms with Crippen LogP contribution in [0.25, 0.3) is 22.4 Å². The van der Waals surface area contributed by atoms with Gasteiger partial charge in [0.25, 0.3) is 5.91 Å². The predicted molar refractivity (Wildman–Crippen MR) is 89.4 cm³/mol. The minimum atomic E-state index is -0.674. The normalized spacial score (nSPS) is 11.4. The molecule has 1 aromatic carbocycles. The first-order chi connectivity index (χ1) is 11.5. The Kier molecular flexibility index (Phi) is 2.91. The van der Waals surface area contributed by atoms with Gasteiger partial charge in [-0.05, 0) is 24.3 Å². The molecule has 0 unspecified atom stereocenters. The van der Waals surface area contributed by atoms with E-state index in [1.165, 1.54) is 21.5 Å². The van der Waals surface area contributed by atoms with Crippen molar-refractivity contribution < 1.29 is 9.90 Å². The molecule has 0 bridgehead atoms. The Balaban J connectivity index is 2.26. The average Bonchev–Trinajstić information content (AvgIpc) is 3.11.